The fourth-order valence-corrected chi connectivity index (χ4v) is 1.05. The SMILES string of the molecule is COc1ccc(C(C)C[NH])cc1. The molecule has 12 heavy (non-hydrogen) atoms. The second-order valence-corrected chi connectivity index (χ2v) is 2.88. The molecular weight excluding hydrogens is 150 g/mol. The molecule has 1 N–H and O–H groups in total. The van der Waals surface area contributed by atoms with E-state index in [0.717, 1.165) is 5.75 Å². The van der Waals surface area contributed by atoms with Gasteiger partial charge in [-0.1, -0.05) is 19.1 Å². The number of benzene rings is 1. The lowest BCUT2D eigenvalue weighted by atomic mass is 10.0. The van der Waals surface area contributed by atoms with Crippen LogP contribution in [0.2, 0.25) is 0 Å². The molecule has 0 aliphatic rings. The molecule has 2 nitrogen and oxygen atoms in total. The Morgan fingerprint density at radius 3 is 2.33 bits per heavy atom. The first-order valence-corrected chi connectivity index (χ1v) is 4.06. The van der Waals surface area contributed by atoms with Crippen LogP contribution in [0.25, 0.3) is 0 Å². The van der Waals surface area contributed by atoms with Crippen LogP contribution >= 0.6 is 0 Å². The van der Waals surface area contributed by atoms with Gasteiger partial charge in [0.25, 0.3) is 0 Å². The van der Waals surface area contributed by atoms with E-state index in [0.29, 0.717) is 12.5 Å². The Hall–Kier alpha value is -1.02. The summed E-state index contributed by atoms with van der Waals surface area (Å²) in [5, 5.41) is 0. The van der Waals surface area contributed by atoms with Crippen LogP contribution in [0.5, 0.6) is 5.75 Å². The van der Waals surface area contributed by atoms with Gasteiger partial charge in [-0.3, -0.25) is 5.73 Å². The molecule has 0 heterocycles. The Balaban J connectivity index is 2.77. The first-order chi connectivity index (χ1) is 5.77. The second-order valence-electron chi connectivity index (χ2n) is 2.88. The van der Waals surface area contributed by atoms with E-state index in [9.17, 15) is 0 Å². The van der Waals surface area contributed by atoms with Crippen LogP contribution < -0.4 is 10.5 Å². The van der Waals surface area contributed by atoms with Crippen molar-refractivity contribution in [1.29, 1.82) is 0 Å². The molecule has 0 aliphatic carbocycles. The lowest BCUT2D eigenvalue weighted by molar-refractivity contribution is 0.414. The third-order valence-corrected chi connectivity index (χ3v) is 1.99. The highest BCUT2D eigenvalue weighted by Crippen LogP contribution is 2.17. The minimum atomic E-state index is 0.316. The molecule has 0 spiro atoms. The zero-order chi connectivity index (χ0) is 8.97. The zero-order valence-electron chi connectivity index (χ0n) is 7.50. The first-order valence-electron chi connectivity index (χ1n) is 4.06. The minimum Gasteiger partial charge on any atom is -0.497 e. The van der Waals surface area contributed by atoms with Crippen molar-refractivity contribution in [3.05, 3.63) is 29.8 Å². The van der Waals surface area contributed by atoms with Gasteiger partial charge in [0, 0.05) is 6.54 Å². The molecule has 0 saturated heterocycles. The van der Waals surface area contributed by atoms with Gasteiger partial charge in [0.2, 0.25) is 0 Å². The standard InChI is InChI=1S/C10H14NO/c1-8(7-11)9-3-5-10(12-2)6-4-9/h3-6,8,11H,7H2,1-2H3. The normalized spacial score (nSPS) is 12.6. The van der Waals surface area contributed by atoms with Crippen molar-refractivity contribution in [2.24, 2.45) is 0 Å². The predicted octanol–water partition coefficient (Wildman–Crippen LogP) is 2.08. The molecule has 0 saturated carbocycles. The quantitative estimate of drug-likeness (QED) is 0.673. The average Bonchev–Trinajstić information content (AvgIpc) is 2.17. The lowest BCUT2D eigenvalue weighted by Gasteiger charge is -2.08. The molecule has 0 fully saturated rings. The molecule has 0 amide bonds. The van der Waals surface area contributed by atoms with Gasteiger partial charge < -0.3 is 4.74 Å². The summed E-state index contributed by atoms with van der Waals surface area (Å²) in [5.41, 5.74) is 8.41. The summed E-state index contributed by atoms with van der Waals surface area (Å²) in [6.07, 6.45) is 0. The van der Waals surface area contributed by atoms with E-state index in [4.69, 9.17) is 10.5 Å². The number of ether oxygens (including phenoxy) is 1. The van der Waals surface area contributed by atoms with E-state index in [1.165, 1.54) is 5.56 Å². The summed E-state index contributed by atoms with van der Waals surface area (Å²) < 4.78 is 5.04. The number of nitrogens with one attached hydrogen (secondary N) is 1. The molecule has 1 unspecified atom stereocenters. The number of hydrogen-bond donors (Lipinski definition) is 0. The molecule has 65 valence electrons. The maximum atomic E-state index is 7.21. The summed E-state index contributed by atoms with van der Waals surface area (Å²) in [6.45, 7) is 2.49. The molecule has 1 rings (SSSR count). The van der Waals surface area contributed by atoms with Gasteiger partial charge in [-0.25, -0.2) is 0 Å². The zero-order valence-corrected chi connectivity index (χ0v) is 7.50. The summed E-state index contributed by atoms with van der Waals surface area (Å²) in [6, 6.07) is 7.89. The van der Waals surface area contributed by atoms with Crippen LogP contribution in [0.3, 0.4) is 0 Å². The smallest absolute Gasteiger partial charge is 0.118 e. The minimum absolute atomic E-state index is 0.316. The summed E-state index contributed by atoms with van der Waals surface area (Å²) in [5.74, 6) is 1.19. The van der Waals surface area contributed by atoms with Gasteiger partial charge in [0.15, 0.2) is 0 Å². The Morgan fingerprint density at radius 1 is 1.33 bits per heavy atom. The van der Waals surface area contributed by atoms with E-state index >= 15 is 0 Å². The summed E-state index contributed by atoms with van der Waals surface area (Å²) in [4.78, 5) is 0. The maximum Gasteiger partial charge on any atom is 0.118 e. The van der Waals surface area contributed by atoms with Gasteiger partial charge in [-0.05, 0) is 23.6 Å². The Bertz CT molecular complexity index is 230. The summed E-state index contributed by atoms with van der Waals surface area (Å²) in [7, 11) is 1.66. The number of methoxy groups -OCH3 is 1. The highest BCUT2D eigenvalue weighted by Gasteiger charge is 2.02. The van der Waals surface area contributed by atoms with Crippen LogP contribution in [0, 0.1) is 0 Å². The lowest BCUT2D eigenvalue weighted by Crippen LogP contribution is -1.99. The molecule has 0 aliphatic heterocycles. The predicted molar refractivity (Wildman–Crippen MR) is 49.4 cm³/mol. The largest absolute Gasteiger partial charge is 0.497 e. The van der Waals surface area contributed by atoms with Gasteiger partial charge in [-0.2, -0.15) is 0 Å². The highest BCUT2D eigenvalue weighted by molar-refractivity contribution is 5.29. The third kappa shape index (κ3) is 1.98. The van der Waals surface area contributed by atoms with E-state index in [1.54, 1.807) is 7.11 Å². The van der Waals surface area contributed by atoms with Crippen molar-refractivity contribution >= 4 is 0 Å². The Labute approximate surface area is 73.3 Å². The third-order valence-electron chi connectivity index (χ3n) is 1.99. The molecule has 2 heteroatoms. The number of rotatable bonds is 3. The monoisotopic (exact) mass is 164 g/mol. The topological polar surface area (TPSA) is 33.0 Å². The maximum absolute atomic E-state index is 7.21. The van der Waals surface area contributed by atoms with Crippen molar-refractivity contribution in [3.63, 3.8) is 0 Å². The molecule has 1 atom stereocenters. The van der Waals surface area contributed by atoms with Crippen molar-refractivity contribution in [1.82, 2.24) is 5.73 Å². The average molecular weight is 164 g/mol. The van der Waals surface area contributed by atoms with Crippen molar-refractivity contribution in [3.8, 4) is 5.75 Å². The van der Waals surface area contributed by atoms with Crippen LogP contribution in [0.1, 0.15) is 18.4 Å². The molecule has 1 aromatic carbocycles. The van der Waals surface area contributed by atoms with Crippen LogP contribution in [-0.2, 0) is 0 Å². The molecule has 1 aromatic rings. The van der Waals surface area contributed by atoms with Gasteiger partial charge in [0.05, 0.1) is 7.11 Å². The Morgan fingerprint density at radius 2 is 1.92 bits per heavy atom. The van der Waals surface area contributed by atoms with E-state index in [1.807, 2.05) is 24.3 Å². The van der Waals surface area contributed by atoms with Gasteiger partial charge >= 0.3 is 0 Å². The van der Waals surface area contributed by atoms with Gasteiger partial charge in [0.1, 0.15) is 5.75 Å². The fraction of sp³-hybridized carbons (Fsp3) is 0.400. The van der Waals surface area contributed by atoms with E-state index in [2.05, 4.69) is 6.92 Å². The molecule has 1 radical (unpaired) electrons. The molecular formula is C10H14NO. The van der Waals surface area contributed by atoms with Crippen LogP contribution in [0.15, 0.2) is 24.3 Å². The van der Waals surface area contributed by atoms with Crippen molar-refractivity contribution < 1.29 is 4.74 Å². The van der Waals surface area contributed by atoms with Crippen molar-refractivity contribution in [2.45, 2.75) is 12.8 Å². The van der Waals surface area contributed by atoms with E-state index < -0.39 is 0 Å². The number of hydrogen-bond acceptors (Lipinski definition) is 1. The summed E-state index contributed by atoms with van der Waals surface area (Å²) >= 11 is 0. The fourth-order valence-electron chi connectivity index (χ4n) is 1.05. The van der Waals surface area contributed by atoms with Crippen molar-refractivity contribution in [2.75, 3.05) is 13.7 Å². The first kappa shape index (κ1) is 9.07. The van der Waals surface area contributed by atoms with Crippen LogP contribution in [0.4, 0.5) is 0 Å². The van der Waals surface area contributed by atoms with Gasteiger partial charge in [-0.15, -0.1) is 0 Å². The Kier molecular flexibility index (Phi) is 3.11. The van der Waals surface area contributed by atoms with E-state index in [-0.39, 0.29) is 0 Å². The molecule has 0 bridgehead atoms. The second kappa shape index (κ2) is 4.12. The molecule has 0 aromatic heterocycles. The van der Waals surface area contributed by atoms with Crippen LogP contribution in [-0.4, -0.2) is 13.7 Å². The highest BCUT2D eigenvalue weighted by atomic mass is 16.5.